The van der Waals surface area contributed by atoms with Crippen molar-refractivity contribution in [3.63, 3.8) is 0 Å². The second-order valence-corrected chi connectivity index (χ2v) is 8.95. The predicted octanol–water partition coefficient (Wildman–Crippen LogP) is 3.80. The SMILES string of the molecule is COc1ccccc1NS(=O)(=O)c1cccc(C(=O)NC2CCC(C)CC2)c1. The van der Waals surface area contributed by atoms with Crippen molar-refractivity contribution < 1.29 is 17.9 Å². The van der Waals surface area contributed by atoms with E-state index in [0.717, 1.165) is 25.7 Å². The Balaban J connectivity index is 1.75. The number of methoxy groups -OCH3 is 1. The third-order valence-electron chi connectivity index (χ3n) is 5.11. The number of rotatable bonds is 6. The molecule has 0 bridgehead atoms. The Kier molecular flexibility index (Phi) is 6.24. The van der Waals surface area contributed by atoms with Crippen LogP contribution in [-0.2, 0) is 10.0 Å². The van der Waals surface area contributed by atoms with Crippen molar-refractivity contribution in [3.05, 3.63) is 54.1 Å². The van der Waals surface area contributed by atoms with Gasteiger partial charge in [-0.1, -0.05) is 25.1 Å². The van der Waals surface area contributed by atoms with Gasteiger partial charge in [-0.3, -0.25) is 9.52 Å². The van der Waals surface area contributed by atoms with E-state index >= 15 is 0 Å². The number of benzene rings is 2. The van der Waals surface area contributed by atoms with Crippen molar-refractivity contribution in [1.82, 2.24) is 5.32 Å². The van der Waals surface area contributed by atoms with Crippen molar-refractivity contribution >= 4 is 21.6 Å². The predicted molar refractivity (Wildman–Crippen MR) is 109 cm³/mol. The Morgan fingerprint density at radius 2 is 1.75 bits per heavy atom. The molecule has 0 aliphatic heterocycles. The number of carbonyl (C=O) groups is 1. The Morgan fingerprint density at radius 1 is 1.04 bits per heavy atom. The second kappa shape index (κ2) is 8.65. The third kappa shape index (κ3) is 4.84. The first-order chi connectivity index (χ1) is 13.4. The highest BCUT2D eigenvalue weighted by Gasteiger charge is 2.22. The zero-order chi connectivity index (χ0) is 20.1. The highest BCUT2D eigenvalue weighted by molar-refractivity contribution is 7.92. The first-order valence-electron chi connectivity index (χ1n) is 9.46. The molecule has 2 N–H and O–H groups in total. The first-order valence-corrected chi connectivity index (χ1v) is 10.9. The van der Waals surface area contributed by atoms with E-state index in [-0.39, 0.29) is 16.8 Å². The summed E-state index contributed by atoms with van der Waals surface area (Å²) in [7, 11) is -2.38. The summed E-state index contributed by atoms with van der Waals surface area (Å²) in [5, 5.41) is 3.03. The molecule has 3 rings (SSSR count). The molecule has 0 radical (unpaired) electrons. The van der Waals surface area contributed by atoms with Crippen molar-refractivity contribution in [3.8, 4) is 5.75 Å². The molecule has 28 heavy (non-hydrogen) atoms. The fraction of sp³-hybridized carbons (Fsp3) is 0.381. The van der Waals surface area contributed by atoms with Crippen LogP contribution in [0.15, 0.2) is 53.4 Å². The van der Waals surface area contributed by atoms with Crippen molar-refractivity contribution in [1.29, 1.82) is 0 Å². The zero-order valence-electron chi connectivity index (χ0n) is 16.1. The van der Waals surface area contributed by atoms with Crippen molar-refractivity contribution in [2.75, 3.05) is 11.8 Å². The van der Waals surface area contributed by atoms with Gasteiger partial charge in [-0.15, -0.1) is 0 Å². The summed E-state index contributed by atoms with van der Waals surface area (Å²) in [6.45, 7) is 2.22. The third-order valence-corrected chi connectivity index (χ3v) is 6.47. The minimum Gasteiger partial charge on any atom is -0.495 e. The van der Waals surface area contributed by atoms with Crippen LogP contribution in [0.3, 0.4) is 0 Å². The minimum absolute atomic E-state index is 0.0309. The maximum absolute atomic E-state index is 12.8. The maximum atomic E-state index is 12.8. The lowest BCUT2D eigenvalue weighted by Crippen LogP contribution is -2.37. The minimum atomic E-state index is -3.85. The summed E-state index contributed by atoms with van der Waals surface area (Å²) in [4.78, 5) is 12.6. The topological polar surface area (TPSA) is 84.5 Å². The molecule has 0 aromatic heterocycles. The van der Waals surface area contributed by atoms with E-state index in [4.69, 9.17) is 4.74 Å². The van der Waals surface area contributed by atoms with Crippen LogP contribution in [0.4, 0.5) is 5.69 Å². The fourth-order valence-electron chi connectivity index (χ4n) is 3.41. The molecule has 150 valence electrons. The van der Waals surface area contributed by atoms with E-state index in [1.54, 1.807) is 36.4 Å². The fourth-order valence-corrected chi connectivity index (χ4v) is 4.53. The van der Waals surface area contributed by atoms with Crippen LogP contribution >= 0.6 is 0 Å². The quantitative estimate of drug-likeness (QED) is 0.770. The number of ether oxygens (including phenoxy) is 1. The highest BCUT2D eigenvalue weighted by atomic mass is 32.2. The summed E-state index contributed by atoms with van der Waals surface area (Å²) < 4.78 is 33.3. The van der Waals surface area contributed by atoms with Crippen LogP contribution in [0.5, 0.6) is 5.75 Å². The number of amides is 1. The number of hydrogen-bond donors (Lipinski definition) is 2. The molecule has 0 heterocycles. The van der Waals surface area contributed by atoms with E-state index in [0.29, 0.717) is 22.9 Å². The van der Waals surface area contributed by atoms with Gasteiger partial charge in [0.1, 0.15) is 5.75 Å². The monoisotopic (exact) mass is 402 g/mol. The van der Waals surface area contributed by atoms with E-state index < -0.39 is 10.0 Å². The smallest absolute Gasteiger partial charge is 0.262 e. The van der Waals surface area contributed by atoms with Gasteiger partial charge in [-0.25, -0.2) is 8.42 Å². The molecule has 2 aromatic rings. The van der Waals surface area contributed by atoms with Crippen LogP contribution in [0.2, 0.25) is 0 Å². The Labute approximate surface area is 166 Å². The van der Waals surface area contributed by atoms with Gasteiger partial charge in [-0.2, -0.15) is 0 Å². The van der Waals surface area contributed by atoms with Gasteiger partial charge in [0.25, 0.3) is 15.9 Å². The maximum Gasteiger partial charge on any atom is 0.262 e. The number of nitrogens with one attached hydrogen (secondary N) is 2. The van der Waals surface area contributed by atoms with Crippen LogP contribution in [-0.4, -0.2) is 27.5 Å². The lowest BCUT2D eigenvalue weighted by Gasteiger charge is -2.26. The molecule has 0 saturated heterocycles. The highest BCUT2D eigenvalue weighted by Crippen LogP contribution is 2.27. The standard InChI is InChI=1S/C21H26N2O4S/c1-15-10-12-17(13-11-15)22-21(24)16-6-5-7-18(14-16)28(25,26)23-19-8-3-4-9-20(19)27-2/h3-9,14-15,17,23H,10-13H2,1-2H3,(H,22,24). The van der Waals surface area contributed by atoms with Gasteiger partial charge in [0.2, 0.25) is 0 Å². The Morgan fingerprint density at radius 3 is 2.46 bits per heavy atom. The van der Waals surface area contributed by atoms with Crippen molar-refractivity contribution in [2.24, 2.45) is 5.92 Å². The number of anilines is 1. The molecule has 6 nitrogen and oxygen atoms in total. The molecule has 1 aliphatic carbocycles. The van der Waals surface area contributed by atoms with Crippen LogP contribution in [0.1, 0.15) is 43.0 Å². The van der Waals surface area contributed by atoms with Gasteiger partial charge >= 0.3 is 0 Å². The number of hydrogen-bond acceptors (Lipinski definition) is 4. The number of sulfonamides is 1. The lowest BCUT2D eigenvalue weighted by atomic mass is 9.87. The molecule has 1 fully saturated rings. The average Bonchev–Trinajstić information content (AvgIpc) is 2.70. The number of carbonyl (C=O) groups excluding carboxylic acids is 1. The largest absolute Gasteiger partial charge is 0.495 e. The summed E-state index contributed by atoms with van der Waals surface area (Å²) in [6.07, 6.45) is 4.12. The second-order valence-electron chi connectivity index (χ2n) is 7.26. The molecule has 1 amide bonds. The Hall–Kier alpha value is -2.54. The molecular weight excluding hydrogens is 376 g/mol. The molecular formula is C21H26N2O4S. The number of para-hydroxylation sites is 2. The van der Waals surface area contributed by atoms with E-state index in [9.17, 15) is 13.2 Å². The lowest BCUT2D eigenvalue weighted by molar-refractivity contribution is 0.0923. The van der Waals surface area contributed by atoms with Gasteiger partial charge in [0, 0.05) is 11.6 Å². The molecule has 7 heteroatoms. The Bertz CT molecular complexity index is 935. The van der Waals surface area contributed by atoms with Gasteiger partial charge in [-0.05, 0) is 61.9 Å². The molecule has 0 unspecified atom stereocenters. The van der Waals surface area contributed by atoms with Gasteiger partial charge in [0.05, 0.1) is 17.7 Å². The average molecular weight is 403 g/mol. The van der Waals surface area contributed by atoms with E-state index in [2.05, 4.69) is 17.0 Å². The molecule has 1 saturated carbocycles. The summed E-state index contributed by atoms with van der Waals surface area (Å²) >= 11 is 0. The van der Waals surface area contributed by atoms with Gasteiger partial charge in [0.15, 0.2) is 0 Å². The summed E-state index contributed by atoms with van der Waals surface area (Å²) in [5.41, 5.74) is 0.678. The zero-order valence-corrected chi connectivity index (χ0v) is 17.0. The first kappa shape index (κ1) is 20.2. The summed E-state index contributed by atoms with van der Waals surface area (Å²) in [5.74, 6) is 0.878. The van der Waals surface area contributed by atoms with Crippen LogP contribution in [0.25, 0.3) is 0 Å². The molecule has 0 atom stereocenters. The normalized spacial score (nSPS) is 19.6. The van der Waals surface area contributed by atoms with Crippen molar-refractivity contribution in [2.45, 2.75) is 43.5 Å². The van der Waals surface area contributed by atoms with Gasteiger partial charge < -0.3 is 10.1 Å². The van der Waals surface area contributed by atoms with E-state index in [1.165, 1.54) is 19.2 Å². The van der Waals surface area contributed by atoms with E-state index in [1.807, 2.05) is 0 Å². The summed E-state index contributed by atoms with van der Waals surface area (Å²) in [6, 6.07) is 13.0. The van der Waals surface area contributed by atoms with Crippen LogP contribution < -0.4 is 14.8 Å². The molecule has 1 aliphatic rings. The molecule has 2 aromatic carbocycles. The van der Waals surface area contributed by atoms with Crippen LogP contribution in [0, 0.1) is 5.92 Å². The molecule has 0 spiro atoms.